The zero-order valence-electron chi connectivity index (χ0n) is 7.00. The second-order valence-corrected chi connectivity index (χ2v) is 3.35. The van der Waals surface area contributed by atoms with Crippen LogP contribution in [0, 0.1) is 0 Å². The molecule has 1 N–H and O–H groups in total. The molecule has 0 amide bonds. The molecule has 62 valence electrons. The molecule has 1 aromatic rings. The molecule has 0 spiro atoms. The highest BCUT2D eigenvalue weighted by molar-refractivity contribution is 7.09. The van der Waals surface area contributed by atoms with Crippen LogP contribution in [0.4, 0.5) is 0 Å². The summed E-state index contributed by atoms with van der Waals surface area (Å²) in [6.07, 6.45) is 0. The Bertz CT molecular complexity index is 180. The molecular formula is C8H14N2S. The van der Waals surface area contributed by atoms with Gasteiger partial charge in [-0.15, -0.1) is 11.3 Å². The highest BCUT2D eigenvalue weighted by Gasteiger charge is 1.99. The summed E-state index contributed by atoms with van der Waals surface area (Å²) in [7, 11) is 1.96. The lowest BCUT2D eigenvalue weighted by Crippen LogP contribution is -2.33. The van der Waals surface area contributed by atoms with Crippen LogP contribution in [-0.2, 0) is 6.54 Å². The average Bonchev–Trinajstić information content (AvgIpc) is 2.52. The Balaban J connectivity index is 2.41. The number of hydrogen-bond donors (Lipinski definition) is 1. The molecule has 0 aliphatic carbocycles. The number of nitrogens with one attached hydrogen (secondary N) is 1. The van der Waals surface area contributed by atoms with E-state index in [9.17, 15) is 0 Å². The summed E-state index contributed by atoms with van der Waals surface area (Å²) in [6, 6.07) is 4.24. The van der Waals surface area contributed by atoms with Crippen molar-refractivity contribution in [3.05, 3.63) is 22.4 Å². The van der Waals surface area contributed by atoms with E-state index < -0.39 is 0 Å². The van der Waals surface area contributed by atoms with Crippen LogP contribution in [0.25, 0.3) is 0 Å². The molecule has 2 nitrogen and oxygen atoms in total. The van der Waals surface area contributed by atoms with Gasteiger partial charge in [0.15, 0.2) is 0 Å². The van der Waals surface area contributed by atoms with Gasteiger partial charge < -0.3 is 0 Å². The molecule has 3 heteroatoms. The Morgan fingerprint density at radius 3 is 2.91 bits per heavy atom. The van der Waals surface area contributed by atoms with Crippen molar-refractivity contribution in [2.45, 2.75) is 13.5 Å². The van der Waals surface area contributed by atoms with Gasteiger partial charge in [-0.2, -0.15) is 0 Å². The van der Waals surface area contributed by atoms with E-state index in [1.54, 1.807) is 11.3 Å². The first-order valence-corrected chi connectivity index (χ1v) is 4.69. The molecule has 0 atom stereocenters. The quantitative estimate of drug-likeness (QED) is 0.692. The van der Waals surface area contributed by atoms with Gasteiger partial charge in [-0.05, 0) is 18.5 Å². The van der Waals surface area contributed by atoms with Crippen molar-refractivity contribution in [2.75, 3.05) is 13.6 Å². The maximum absolute atomic E-state index is 3.13. The summed E-state index contributed by atoms with van der Waals surface area (Å²) in [5, 5.41) is 4.28. The first-order valence-electron chi connectivity index (χ1n) is 3.81. The zero-order chi connectivity index (χ0) is 8.10. The minimum Gasteiger partial charge on any atom is -0.258 e. The number of nitrogens with zero attached hydrogens (tertiary/aromatic N) is 1. The van der Waals surface area contributed by atoms with E-state index in [0.717, 1.165) is 13.1 Å². The highest BCUT2D eigenvalue weighted by Crippen LogP contribution is 2.09. The van der Waals surface area contributed by atoms with E-state index in [1.165, 1.54) is 4.88 Å². The lowest BCUT2D eigenvalue weighted by Gasteiger charge is -2.17. The SMILES string of the molecule is CCN(Cc1cccs1)NC. The van der Waals surface area contributed by atoms with Crippen LogP contribution in [0.15, 0.2) is 17.5 Å². The third kappa shape index (κ3) is 2.61. The average molecular weight is 170 g/mol. The van der Waals surface area contributed by atoms with Gasteiger partial charge in [0.25, 0.3) is 0 Å². The minimum absolute atomic E-state index is 1.00. The lowest BCUT2D eigenvalue weighted by atomic mass is 10.4. The fraction of sp³-hybridized carbons (Fsp3) is 0.500. The standard InChI is InChI=1S/C8H14N2S/c1-3-10(9-2)7-8-5-4-6-11-8/h4-6,9H,3,7H2,1-2H3. The normalized spacial score (nSPS) is 10.8. The van der Waals surface area contributed by atoms with E-state index in [2.05, 4.69) is 34.9 Å². The fourth-order valence-electron chi connectivity index (χ4n) is 0.940. The maximum Gasteiger partial charge on any atom is 0.0475 e. The Labute approximate surface area is 71.8 Å². The number of rotatable bonds is 4. The number of thiophene rings is 1. The molecule has 11 heavy (non-hydrogen) atoms. The van der Waals surface area contributed by atoms with Crippen molar-refractivity contribution < 1.29 is 0 Å². The topological polar surface area (TPSA) is 15.3 Å². The van der Waals surface area contributed by atoms with Gasteiger partial charge >= 0.3 is 0 Å². The van der Waals surface area contributed by atoms with Crippen molar-refractivity contribution >= 4 is 11.3 Å². The van der Waals surface area contributed by atoms with Gasteiger partial charge in [-0.1, -0.05) is 13.0 Å². The molecular weight excluding hydrogens is 156 g/mol. The molecule has 0 aromatic carbocycles. The van der Waals surface area contributed by atoms with Crippen LogP contribution in [0.5, 0.6) is 0 Å². The molecule has 1 heterocycles. The molecule has 0 radical (unpaired) electrons. The van der Waals surface area contributed by atoms with Crippen molar-refractivity contribution in [1.29, 1.82) is 0 Å². The Kier molecular flexibility index (Phi) is 3.56. The van der Waals surface area contributed by atoms with E-state index >= 15 is 0 Å². The molecule has 0 fully saturated rings. The molecule has 0 bridgehead atoms. The van der Waals surface area contributed by atoms with Crippen molar-refractivity contribution in [2.24, 2.45) is 0 Å². The first kappa shape index (κ1) is 8.71. The van der Waals surface area contributed by atoms with Gasteiger partial charge in [-0.25, -0.2) is 5.01 Å². The second kappa shape index (κ2) is 4.49. The fourth-order valence-corrected chi connectivity index (χ4v) is 1.66. The first-order chi connectivity index (χ1) is 5.36. The summed E-state index contributed by atoms with van der Waals surface area (Å²) in [5.74, 6) is 0. The summed E-state index contributed by atoms with van der Waals surface area (Å²) in [5.41, 5.74) is 3.13. The summed E-state index contributed by atoms with van der Waals surface area (Å²) in [6.45, 7) is 4.18. The smallest absolute Gasteiger partial charge is 0.0475 e. The van der Waals surface area contributed by atoms with Crippen molar-refractivity contribution in [3.63, 3.8) is 0 Å². The Morgan fingerprint density at radius 2 is 2.45 bits per heavy atom. The van der Waals surface area contributed by atoms with Gasteiger partial charge in [-0.3, -0.25) is 5.43 Å². The van der Waals surface area contributed by atoms with Gasteiger partial charge in [0, 0.05) is 18.0 Å². The summed E-state index contributed by atoms with van der Waals surface area (Å²) in [4.78, 5) is 1.40. The van der Waals surface area contributed by atoms with Gasteiger partial charge in [0.2, 0.25) is 0 Å². The van der Waals surface area contributed by atoms with Gasteiger partial charge in [0.05, 0.1) is 0 Å². The zero-order valence-corrected chi connectivity index (χ0v) is 7.82. The van der Waals surface area contributed by atoms with Crippen molar-refractivity contribution in [1.82, 2.24) is 10.4 Å². The second-order valence-electron chi connectivity index (χ2n) is 2.32. The van der Waals surface area contributed by atoms with Gasteiger partial charge in [0.1, 0.15) is 0 Å². The third-order valence-electron chi connectivity index (χ3n) is 1.62. The third-order valence-corrected chi connectivity index (χ3v) is 2.49. The molecule has 0 saturated carbocycles. The van der Waals surface area contributed by atoms with E-state index in [4.69, 9.17) is 0 Å². The molecule has 0 unspecified atom stereocenters. The molecule has 0 aliphatic heterocycles. The lowest BCUT2D eigenvalue weighted by molar-refractivity contribution is 0.212. The predicted octanol–water partition coefficient (Wildman–Crippen LogP) is 1.70. The Morgan fingerprint density at radius 1 is 1.64 bits per heavy atom. The van der Waals surface area contributed by atoms with Crippen LogP contribution in [0.2, 0.25) is 0 Å². The number of hydrazine groups is 1. The van der Waals surface area contributed by atoms with Crippen LogP contribution in [-0.4, -0.2) is 18.6 Å². The predicted molar refractivity (Wildman–Crippen MR) is 49.5 cm³/mol. The van der Waals surface area contributed by atoms with Crippen molar-refractivity contribution in [3.8, 4) is 0 Å². The Hall–Kier alpha value is -0.380. The van der Waals surface area contributed by atoms with E-state index in [0.29, 0.717) is 0 Å². The molecule has 0 aliphatic rings. The maximum atomic E-state index is 3.13. The van der Waals surface area contributed by atoms with Crippen LogP contribution in [0.3, 0.4) is 0 Å². The number of hydrogen-bond acceptors (Lipinski definition) is 3. The minimum atomic E-state index is 1.00. The van der Waals surface area contributed by atoms with E-state index in [1.807, 2.05) is 7.05 Å². The van der Waals surface area contributed by atoms with Crippen LogP contribution < -0.4 is 5.43 Å². The highest BCUT2D eigenvalue weighted by atomic mass is 32.1. The molecule has 1 aromatic heterocycles. The largest absolute Gasteiger partial charge is 0.258 e. The van der Waals surface area contributed by atoms with Crippen LogP contribution >= 0.6 is 11.3 Å². The summed E-state index contributed by atoms with van der Waals surface area (Å²) >= 11 is 1.80. The van der Waals surface area contributed by atoms with E-state index in [-0.39, 0.29) is 0 Å². The molecule has 0 saturated heterocycles. The van der Waals surface area contributed by atoms with Crippen LogP contribution in [0.1, 0.15) is 11.8 Å². The molecule has 1 rings (SSSR count). The summed E-state index contributed by atoms with van der Waals surface area (Å²) < 4.78 is 0. The monoisotopic (exact) mass is 170 g/mol.